The zero-order chi connectivity index (χ0) is 19.2. The van der Waals surface area contributed by atoms with Crippen molar-refractivity contribution in [2.75, 3.05) is 36.4 Å². The highest BCUT2D eigenvalue weighted by molar-refractivity contribution is 5.91. The molecule has 6 nitrogen and oxygen atoms in total. The summed E-state index contributed by atoms with van der Waals surface area (Å²) in [6.07, 6.45) is 5.53. The topological polar surface area (TPSA) is 61.4 Å². The van der Waals surface area contributed by atoms with Crippen LogP contribution in [-0.2, 0) is 11.3 Å². The van der Waals surface area contributed by atoms with Crippen LogP contribution in [0, 0.1) is 5.92 Å². The van der Waals surface area contributed by atoms with Gasteiger partial charge in [0.25, 0.3) is 0 Å². The molecule has 1 amide bonds. The lowest BCUT2D eigenvalue weighted by Crippen LogP contribution is -2.46. The largest absolute Gasteiger partial charge is 0.353 e. The first-order valence-corrected chi connectivity index (χ1v) is 10.4. The van der Waals surface area contributed by atoms with E-state index in [4.69, 9.17) is 0 Å². The van der Waals surface area contributed by atoms with Crippen molar-refractivity contribution in [3.63, 3.8) is 0 Å². The van der Waals surface area contributed by atoms with E-state index in [1.165, 1.54) is 12.0 Å². The number of anilines is 2. The second kappa shape index (κ2) is 9.15. The van der Waals surface area contributed by atoms with Crippen LogP contribution in [0.2, 0.25) is 0 Å². The molecule has 28 heavy (non-hydrogen) atoms. The van der Waals surface area contributed by atoms with Gasteiger partial charge in [-0.2, -0.15) is 0 Å². The molecular weight excluding hydrogens is 350 g/mol. The summed E-state index contributed by atoms with van der Waals surface area (Å²) in [6.45, 7) is 4.89. The SMILES string of the molecule is O=C(Nc1ccc(N2CCN(Cc3ccccc3)CC2)nn1)C1CCCCC1. The zero-order valence-corrected chi connectivity index (χ0v) is 16.4. The predicted octanol–water partition coefficient (Wildman–Crippen LogP) is 3.32. The summed E-state index contributed by atoms with van der Waals surface area (Å²) in [5, 5.41) is 11.5. The lowest BCUT2D eigenvalue weighted by molar-refractivity contribution is -0.120. The molecule has 0 unspecified atom stereocenters. The normalized spacial score (nSPS) is 18.8. The van der Waals surface area contributed by atoms with E-state index >= 15 is 0 Å². The highest BCUT2D eigenvalue weighted by Crippen LogP contribution is 2.25. The maximum atomic E-state index is 12.3. The Kier molecular flexibility index (Phi) is 6.17. The van der Waals surface area contributed by atoms with Gasteiger partial charge in [0.1, 0.15) is 0 Å². The lowest BCUT2D eigenvalue weighted by atomic mass is 9.89. The van der Waals surface area contributed by atoms with Gasteiger partial charge < -0.3 is 10.2 Å². The molecule has 1 aliphatic carbocycles. The summed E-state index contributed by atoms with van der Waals surface area (Å²) in [4.78, 5) is 17.1. The van der Waals surface area contributed by atoms with Crippen LogP contribution in [-0.4, -0.2) is 47.2 Å². The molecule has 1 N–H and O–H groups in total. The zero-order valence-electron chi connectivity index (χ0n) is 16.4. The molecule has 0 atom stereocenters. The van der Waals surface area contributed by atoms with Crippen molar-refractivity contribution in [1.29, 1.82) is 0 Å². The third kappa shape index (κ3) is 4.87. The Labute approximate surface area is 166 Å². The highest BCUT2D eigenvalue weighted by atomic mass is 16.1. The van der Waals surface area contributed by atoms with Crippen molar-refractivity contribution in [3.05, 3.63) is 48.0 Å². The molecule has 2 aliphatic rings. The van der Waals surface area contributed by atoms with Crippen molar-refractivity contribution >= 4 is 17.5 Å². The first kappa shape index (κ1) is 18.9. The quantitative estimate of drug-likeness (QED) is 0.864. The van der Waals surface area contributed by atoms with Crippen molar-refractivity contribution in [2.45, 2.75) is 38.6 Å². The van der Waals surface area contributed by atoms with E-state index in [0.29, 0.717) is 5.82 Å². The Bertz CT molecular complexity index is 750. The first-order valence-electron chi connectivity index (χ1n) is 10.4. The van der Waals surface area contributed by atoms with Crippen molar-refractivity contribution in [2.24, 2.45) is 5.92 Å². The lowest BCUT2D eigenvalue weighted by Gasteiger charge is -2.35. The fraction of sp³-hybridized carbons (Fsp3) is 0.500. The number of carbonyl (C=O) groups is 1. The third-order valence-corrected chi connectivity index (χ3v) is 5.82. The van der Waals surface area contributed by atoms with E-state index in [-0.39, 0.29) is 11.8 Å². The molecule has 148 valence electrons. The van der Waals surface area contributed by atoms with Crippen LogP contribution in [0.5, 0.6) is 0 Å². The van der Waals surface area contributed by atoms with Crippen molar-refractivity contribution in [3.8, 4) is 0 Å². The van der Waals surface area contributed by atoms with Gasteiger partial charge in [-0.05, 0) is 30.5 Å². The number of nitrogens with one attached hydrogen (secondary N) is 1. The molecule has 0 bridgehead atoms. The van der Waals surface area contributed by atoms with Crippen LogP contribution in [0.1, 0.15) is 37.7 Å². The van der Waals surface area contributed by atoms with Crippen LogP contribution in [0.15, 0.2) is 42.5 Å². The molecule has 4 rings (SSSR count). The van der Waals surface area contributed by atoms with Crippen molar-refractivity contribution < 1.29 is 4.79 Å². The number of aromatic nitrogens is 2. The maximum absolute atomic E-state index is 12.3. The van der Waals surface area contributed by atoms with Gasteiger partial charge in [0.2, 0.25) is 5.91 Å². The fourth-order valence-electron chi connectivity index (χ4n) is 4.13. The molecule has 2 heterocycles. The molecule has 2 aromatic rings. The van der Waals surface area contributed by atoms with Gasteiger partial charge in [-0.3, -0.25) is 9.69 Å². The van der Waals surface area contributed by atoms with Gasteiger partial charge in [-0.1, -0.05) is 49.6 Å². The van der Waals surface area contributed by atoms with Gasteiger partial charge in [-0.25, -0.2) is 0 Å². The summed E-state index contributed by atoms with van der Waals surface area (Å²) in [5.74, 6) is 1.67. The van der Waals surface area contributed by atoms with Crippen molar-refractivity contribution in [1.82, 2.24) is 15.1 Å². The molecule has 0 spiro atoms. The van der Waals surface area contributed by atoms with Crippen LogP contribution < -0.4 is 10.2 Å². The summed E-state index contributed by atoms with van der Waals surface area (Å²) in [5.41, 5.74) is 1.36. The highest BCUT2D eigenvalue weighted by Gasteiger charge is 2.22. The Morgan fingerprint density at radius 1 is 0.929 bits per heavy atom. The molecule has 1 saturated carbocycles. The van der Waals surface area contributed by atoms with Gasteiger partial charge in [0.15, 0.2) is 11.6 Å². The minimum Gasteiger partial charge on any atom is -0.353 e. The van der Waals surface area contributed by atoms with E-state index in [9.17, 15) is 4.79 Å². The smallest absolute Gasteiger partial charge is 0.228 e. The van der Waals surface area contributed by atoms with Gasteiger partial charge >= 0.3 is 0 Å². The molecule has 1 aromatic heterocycles. The molecule has 1 aromatic carbocycles. The summed E-state index contributed by atoms with van der Waals surface area (Å²) in [7, 11) is 0. The van der Waals surface area contributed by atoms with E-state index in [1.54, 1.807) is 0 Å². The Morgan fingerprint density at radius 2 is 1.68 bits per heavy atom. The Balaban J connectivity index is 1.27. The fourth-order valence-corrected chi connectivity index (χ4v) is 4.13. The summed E-state index contributed by atoms with van der Waals surface area (Å²) >= 11 is 0. The Hall–Kier alpha value is -2.47. The third-order valence-electron chi connectivity index (χ3n) is 5.82. The number of benzene rings is 1. The van der Waals surface area contributed by atoms with Gasteiger partial charge in [0.05, 0.1) is 0 Å². The number of piperazine rings is 1. The average Bonchev–Trinajstić information content (AvgIpc) is 2.76. The van der Waals surface area contributed by atoms with Crippen LogP contribution in [0.25, 0.3) is 0 Å². The second-order valence-electron chi connectivity index (χ2n) is 7.85. The number of nitrogens with zero attached hydrogens (tertiary/aromatic N) is 4. The number of hydrogen-bond acceptors (Lipinski definition) is 5. The van der Waals surface area contributed by atoms with Gasteiger partial charge in [-0.15, -0.1) is 10.2 Å². The van der Waals surface area contributed by atoms with E-state index in [2.05, 4.69) is 55.6 Å². The first-order chi connectivity index (χ1) is 13.8. The molecule has 0 radical (unpaired) electrons. The predicted molar refractivity (Wildman–Crippen MR) is 111 cm³/mol. The number of rotatable bonds is 5. The summed E-state index contributed by atoms with van der Waals surface area (Å²) in [6, 6.07) is 14.4. The van der Waals surface area contributed by atoms with Crippen LogP contribution >= 0.6 is 0 Å². The molecule has 1 aliphatic heterocycles. The van der Waals surface area contributed by atoms with Crippen LogP contribution in [0.4, 0.5) is 11.6 Å². The van der Waals surface area contributed by atoms with E-state index in [1.807, 2.05) is 12.1 Å². The Morgan fingerprint density at radius 3 is 2.36 bits per heavy atom. The number of carbonyl (C=O) groups excluding carboxylic acids is 1. The number of amides is 1. The van der Waals surface area contributed by atoms with E-state index < -0.39 is 0 Å². The molecular formula is C22H29N5O. The molecule has 1 saturated heterocycles. The molecule has 2 fully saturated rings. The molecule has 6 heteroatoms. The van der Waals surface area contributed by atoms with E-state index in [0.717, 1.165) is 64.2 Å². The minimum atomic E-state index is 0.0938. The summed E-state index contributed by atoms with van der Waals surface area (Å²) < 4.78 is 0. The standard InChI is InChI=1S/C22H29N5O/c28-22(19-9-5-2-6-10-19)23-20-11-12-21(25-24-20)27-15-13-26(14-16-27)17-18-7-3-1-4-8-18/h1,3-4,7-8,11-12,19H,2,5-6,9-10,13-17H2,(H,23,24,28). The average molecular weight is 380 g/mol. The monoisotopic (exact) mass is 379 g/mol. The number of hydrogen-bond donors (Lipinski definition) is 1. The van der Waals surface area contributed by atoms with Gasteiger partial charge in [0, 0.05) is 38.6 Å². The van der Waals surface area contributed by atoms with Crippen LogP contribution in [0.3, 0.4) is 0 Å². The minimum absolute atomic E-state index is 0.0938. The second-order valence-corrected chi connectivity index (χ2v) is 7.85. The maximum Gasteiger partial charge on any atom is 0.228 e.